The van der Waals surface area contributed by atoms with Crippen molar-refractivity contribution < 1.29 is 9.59 Å². The molecule has 3 amide bonds. The van der Waals surface area contributed by atoms with Crippen molar-refractivity contribution >= 4 is 17.8 Å². The minimum Gasteiger partial charge on any atom is -0.338 e. The number of hydrogen-bond donors (Lipinski definition) is 3. The van der Waals surface area contributed by atoms with Crippen LogP contribution in [-0.4, -0.2) is 93.6 Å². The van der Waals surface area contributed by atoms with Gasteiger partial charge >= 0.3 is 11.7 Å². The fourth-order valence-electron chi connectivity index (χ4n) is 6.60. The highest BCUT2D eigenvalue weighted by atomic mass is 16.2. The first-order valence-electron chi connectivity index (χ1n) is 14.7. The number of carbonyl (C=O) groups excluding carboxylic acids is 2. The highest BCUT2D eigenvalue weighted by molar-refractivity contribution is 5.89. The van der Waals surface area contributed by atoms with Crippen molar-refractivity contribution in [2.24, 2.45) is 29.2 Å². The minimum atomic E-state index is -0.946. The molecule has 11 heteroatoms. The first kappa shape index (κ1) is 29.2. The summed E-state index contributed by atoms with van der Waals surface area (Å²) in [4.78, 5) is 47.8. The van der Waals surface area contributed by atoms with E-state index >= 15 is 0 Å². The largest absolute Gasteiger partial charge is 0.354 e. The Morgan fingerprint density at radius 2 is 1.73 bits per heavy atom. The number of anilines is 1. The molecule has 1 saturated heterocycles. The summed E-state index contributed by atoms with van der Waals surface area (Å²) in [6.45, 7) is 8.00. The van der Waals surface area contributed by atoms with Crippen LogP contribution in [0.15, 0.2) is 41.3 Å². The molecule has 41 heavy (non-hydrogen) atoms. The molecule has 4 unspecified atom stereocenters. The van der Waals surface area contributed by atoms with Crippen LogP contribution in [0.3, 0.4) is 0 Å². The van der Waals surface area contributed by atoms with E-state index in [4.69, 9.17) is 11.5 Å². The van der Waals surface area contributed by atoms with Crippen LogP contribution >= 0.6 is 0 Å². The van der Waals surface area contributed by atoms with Crippen molar-refractivity contribution in [1.82, 2.24) is 24.3 Å². The van der Waals surface area contributed by atoms with Crippen LogP contribution in [0, 0.1) is 17.8 Å². The molecular formula is C30H44N8O3. The summed E-state index contributed by atoms with van der Waals surface area (Å²) in [6.07, 6.45) is 5.10. The zero-order valence-electron chi connectivity index (χ0n) is 24.6. The lowest BCUT2D eigenvalue weighted by molar-refractivity contribution is -0.137. The Morgan fingerprint density at radius 3 is 2.32 bits per heavy atom. The van der Waals surface area contributed by atoms with Gasteiger partial charge in [-0.25, -0.2) is 9.59 Å². The van der Waals surface area contributed by atoms with Crippen LogP contribution < -0.4 is 22.5 Å². The number of amides is 3. The molecule has 3 fully saturated rings. The number of benzene rings is 1. The molecule has 5 atom stereocenters. The first-order valence-corrected chi connectivity index (χ1v) is 14.7. The number of urea groups is 1. The predicted molar refractivity (Wildman–Crippen MR) is 159 cm³/mol. The summed E-state index contributed by atoms with van der Waals surface area (Å²) in [5, 5.41) is 2.70. The summed E-state index contributed by atoms with van der Waals surface area (Å²) >= 11 is 0. The summed E-state index contributed by atoms with van der Waals surface area (Å²) in [7, 11) is 2.24. The second kappa shape index (κ2) is 11.5. The molecule has 2 aliphatic carbocycles. The number of hydrogen-bond acceptors (Lipinski definition) is 7. The molecule has 0 spiro atoms. The third-order valence-electron chi connectivity index (χ3n) is 9.25. The van der Waals surface area contributed by atoms with E-state index in [1.165, 1.54) is 23.0 Å². The molecule has 0 bridgehead atoms. The van der Waals surface area contributed by atoms with Crippen LogP contribution in [0.25, 0.3) is 5.69 Å². The minimum absolute atomic E-state index is 0.140. The van der Waals surface area contributed by atoms with Crippen LogP contribution in [-0.2, 0) is 11.2 Å². The maximum atomic E-state index is 12.8. The maximum Gasteiger partial charge on any atom is 0.354 e. The van der Waals surface area contributed by atoms with Gasteiger partial charge in [-0.15, -0.1) is 0 Å². The number of fused-ring (bicyclic) bond motifs is 1. The highest BCUT2D eigenvalue weighted by Crippen LogP contribution is 2.56. The number of carbonyl (C=O) groups is 2. The quantitative estimate of drug-likeness (QED) is 0.441. The van der Waals surface area contributed by atoms with E-state index in [2.05, 4.69) is 41.3 Å². The Bertz CT molecular complexity index is 1310. The fourth-order valence-corrected chi connectivity index (χ4v) is 6.60. The lowest BCUT2D eigenvalue weighted by Crippen LogP contribution is -2.58. The van der Waals surface area contributed by atoms with E-state index < -0.39 is 11.2 Å². The van der Waals surface area contributed by atoms with Gasteiger partial charge in [0.05, 0.1) is 11.2 Å². The lowest BCUT2D eigenvalue weighted by Gasteiger charge is -2.37. The zero-order valence-corrected chi connectivity index (χ0v) is 24.6. The van der Waals surface area contributed by atoms with Crippen molar-refractivity contribution in [2.75, 3.05) is 45.1 Å². The van der Waals surface area contributed by atoms with Gasteiger partial charge < -0.3 is 26.2 Å². The number of nitrogens with two attached hydrogens (primary N) is 2. The molecule has 2 aromatic rings. The fraction of sp³-hybridized carbons (Fsp3) is 0.600. The van der Waals surface area contributed by atoms with E-state index in [1.54, 1.807) is 35.9 Å². The Morgan fingerprint density at radius 1 is 1.07 bits per heavy atom. The number of nitrogens with zero attached hydrogens (tertiary/aromatic N) is 5. The zero-order chi connectivity index (χ0) is 29.5. The van der Waals surface area contributed by atoms with E-state index in [-0.39, 0.29) is 17.8 Å². The van der Waals surface area contributed by atoms with Gasteiger partial charge in [0, 0.05) is 44.5 Å². The first-order chi connectivity index (χ1) is 19.5. The van der Waals surface area contributed by atoms with Gasteiger partial charge in [-0.05, 0) is 95.1 Å². The van der Waals surface area contributed by atoms with Gasteiger partial charge in [-0.2, -0.15) is 4.98 Å². The monoisotopic (exact) mass is 564 g/mol. The van der Waals surface area contributed by atoms with E-state index in [0.29, 0.717) is 44.2 Å². The number of rotatable bonds is 8. The van der Waals surface area contributed by atoms with Crippen molar-refractivity contribution in [3.05, 3.63) is 52.6 Å². The van der Waals surface area contributed by atoms with Gasteiger partial charge in [-0.1, -0.05) is 12.1 Å². The van der Waals surface area contributed by atoms with Gasteiger partial charge in [0.25, 0.3) is 0 Å². The summed E-state index contributed by atoms with van der Waals surface area (Å²) in [5.41, 5.74) is 12.4. The Labute approximate surface area is 241 Å². The number of piperazine rings is 1. The van der Waals surface area contributed by atoms with Crippen molar-refractivity contribution in [3.63, 3.8) is 0 Å². The predicted octanol–water partition coefficient (Wildman–Crippen LogP) is 1.49. The highest BCUT2D eigenvalue weighted by Gasteiger charge is 2.54. The molecule has 2 heterocycles. The van der Waals surface area contributed by atoms with Crippen molar-refractivity contribution in [1.29, 1.82) is 0 Å². The molecule has 3 aliphatic rings. The summed E-state index contributed by atoms with van der Waals surface area (Å²) in [6, 6.07) is 10.3. The maximum absolute atomic E-state index is 12.8. The van der Waals surface area contributed by atoms with Gasteiger partial charge in [0.1, 0.15) is 5.82 Å². The average Bonchev–Trinajstić information content (AvgIpc) is 3.65. The standard InChI is InChI=1S/C30H44N8O3/c1-19(35(4)25-16-21(18-31)23-17-24(23)25)15-20-5-7-22(8-6-20)38-10-9-26(34-29(38)41)33-28(40)37-13-11-36(12-14-37)27(39)30(2,3)32/h5-10,19,21,23-25H,11-18,31-32H2,1-4H3,(H,33,34,40,41)/t19?,21-,23?,24?,25?/m1/s1. The van der Waals surface area contributed by atoms with Crippen molar-refractivity contribution in [2.45, 2.75) is 57.7 Å². The van der Waals surface area contributed by atoms with E-state index in [9.17, 15) is 14.4 Å². The third-order valence-corrected chi connectivity index (χ3v) is 9.25. The molecule has 222 valence electrons. The third kappa shape index (κ3) is 6.32. The molecule has 2 saturated carbocycles. The second-order valence-corrected chi connectivity index (χ2v) is 12.6. The van der Waals surface area contributed by atoms with Crippen LogP contribution in [0.4, 0.5) is 10.6 Å². The number of nitrogens with one attached hydrogen (secondary N) is 1. The Kier molecular flexibility index (Phi) is 8.22. The smallest absolute Gasteiger partial charge is 0.338 e. The molecule has 1 aromatic heterocycles. The van der Waals surface area contributed by atoms with Crippen LogP contribution in [0.2, 0.25) is 0 Å². The summed E-state index contributed by atoms with van der Waals surface area (Å²) in [5.74, 6) is 2.38. The number of aromatic nitrogens is 2. The molecule has 5 rings (SSSR count). The Hall–Kier alpha value is -3.28. The molecule has 11 nitrogen and oxygen atoms in total. The van der Waals surface area contributed by atoms with Gasteiger partial charge in [0.2, 0.25) is 5.91 Å². The van der Waals surface area contributed by atoms with Gasteiger partial charge in [0.15, 0.2) is 0 Å². The molecular weight excluding hydrogens is 520 g/mol. The molecule has 5 N–H and O–H groups in total. The Balaban J connectivity index is 1.14. The molecule has 1 aromatic carbocycles. The van der Waals surface area contributed by atoms with Crippen LogP contribution in [0.5, 0.6) is 0 Å². The molecule has 0 radical (unpaired) electrons. The normalized spacial score (nSPS) is 24.8. The SMILES string of the molecule is CC(Cc1ccc(-n2ccc(NC(=O)N3CCN(C(=O)C(C)(C)N)CC3)nc2=O)cc1)N(C)C1C[C@H](CN)C2CC21. The topological polar surface area (TPSA) is 143 Å². The second-order valence-electron chi connectivity index (χ2n) is 12.6. The van der Waals surface area contributed by atoms with E-state index in [1.807, 2.05) is 12.1 Å². The molecule has 1 aliphatic heterocycles. The van der Waals surface area contributed by atoms with E-state index in [0.717, 1.165) is 30.5 Å². The number of likely N-dealkylation sites (N-methyl/N-ethyl adjacent to an activating group) is 1. The van der Waals surface area contributed by atoms with Crippen molar-refractivity contribution in [3.8, 4) is 5.69 Å². The van der Waals surface area contributed by atoms with Crippen LogP contribution in [0.1, 0.15) is 39.2 Å². The average molecular weight is 565 g/mol. The van der Waals surface area contributed by atoms with Gasteiger partial charge in [-0.3, -0.25) is 14.7 Å². The summed E-state index contributed by atoms with van der Waals surface area (Å²) < 4.78 is 1.46. The lowest BCUT2D eigenvalue weighted by atomic mass is 9.99.